The van der Waals surface area contributed by atoms with Crippen molar-refractivity contribution in [1.82, 2.24) is 9.97 Å². The molecule has 1 unspecified atom stereocenters. The highest BCUT2D eigenvalue weighted by Crippen LogP contribution is 2.28. The fourth-order valence-corrected chi connectivity index (χ4v) is 3.07. The Labute approximate surface area is 167 Å². The summed E-state index contributed by atoms with van der Waals surface area (Å²) in [7, 11) is 0. The lowest BCUT2D eigenvalue weighted by atomic mass is 9.95. The molecule has 9 heteroatoms. The molecule has 0 aliphatic carbocycles. The van der Waals surface area contributed by atoms with E-state index in [0.29, 0.717) is 17.7 Å². The summed E-state index contributed by atoms with van der Waals surface area (Å²) < 4.78 is 50.1. The maximum atomic E-state index is 13.5. The number of halogens is 3. The lowest BCUT2D eigenvalue weighted by molar-refractivity contribution is -0.0190. The monoisotopic (exact) mass is 411 g/mol. The summed E-state index contributed by atoms with van der Waals surface area (Å²) in [6.07, 6.45) is -1.92. The van der Waals surface area contributed by atoms with E-state index in [-0.39, 0.29) is 29.7 Å². The van der Waals surface area contributed by atoms with Gasteiger partial charge in [-0.15, -0.1) is 0 Å². The van der Waals surface area contributed by atoms with Crippen LogP contribution in [0.1, 0.15) is 45.0 Å². The van der Waals surface area contributed by atoms with E-state index in [1.165, 1.54) is 30.5 Å². The Morgan fingerprint density at radius 3 is 2.59 bits per heavy atom. The van der Waals surface area contributed by atoms with Crippen LogP contribution >= 0.6 is 0 Å². The second kappa shape index (κ2) is 9.58. The number of aromatic nitrogens is 2. The van der Waals surface area contributed by atoms with Gasteiger partial charge in [0, 0.05) is 11.8 Å². The van der Waals surface area contributed by atoms with Gasteiger partial charge in [0.2, 0.25) is 0 Å². The van der Waals surface area contributed by atoms with Crippen molar-refractivity contribution in [3.63, 3.8) is 0 Å². The molecule has 0 fully saturated rings. The Hall–Kier alpha value is -2.84. The first-order valence-electron chi connectivity index (χ1n) is 9.05. The average Bonchev–Trinajstić information content (AvgIpc) is 2.65. The molecule has 0 aliphatic heterocycles. The predicted octanol–water partition coefficient (Wildman–Crippen LogP) is 4.83. The van der Waals surface area contributed by atoms with Crippen molar-refractivity contribution in [3.8, 4) is 17.0 Å². The van der Waals surface area contributed by atoms with Crippen LogP contribution in [0.25, 0.3) is 11.3 Å². The molecule has 2 N–H and O–H groups in total. The summed E-state index contributed by atoms with van der Waals surface area (Å²) in [5.74, 6) is 0.363. The SMILES string of the molecule is CC(C)CC(C)(COc1ccc(-c2ccnc(C(F)F)c2)nc1CF)OC(N)=O. The zero-order valence-electron chi connectivity index (χ0n) is 16.5. The van der Waals surface area contributed by atoms with Crippen molar-refractivity contribution < 1.29 is 27.4 Å². The van der Waals surface area contributed by atoms with Crippen molar-refractivity contribution in [2.24, 2.45) is 11.7 Å². The molecule has 2 heterocycles. The predicted molar refractivity (Wildman–Crippen MR) is 101 cm³/mol. The summed E-state index contributed by atoms with van der Waals surface area (Å²) in [6, 6.07) is 5.75. The molecule has 6 nitrogen and oxygen atoms in total. The van der Waals surface area contributed by atoms with Crippen LogP contribution in [0.3, 0.4) is 0 Å². The Morgan fingerprint density at radius 2 is 2.00 bits per heavy atom. The summed E-state index contributed by atoms with van der Waals surface area (Å²) in [4.78, 5) is 19.0. The van der Waals surface area contributed by atoms with Crippen LogP contribution in [0.15, 0.2) is 30.5 Å². The molecular weight excluding hydrogens is 387 g/mol. The van der Waals surface area contributed by atoms with Crippen molar-refractivity contribution in [1.29, 1.82) is 0 Å². The third kappa shape index (κ3) is 6.33. The molecule has 158 valence electrons. The zero-order valence-corrected chi connectivity index (χ0v) is 16.5. The maximum Gasteiger partial charge on any atom is 0.405 e. The Bertz CT molecular complexity index is 849. The van der Waals surface area contributed by atoms with Crippen molar-refractivity contribution in [2.75, 3.05) is 6.61 Å². The molecule has 0 aliphatic rings. The molecule has 0 bridgehead atoms. The summed E-state index contributed by atoms with van der Waals surface area (Å²) in [6.45, 7) is 4.61. The second-order valence-electron chi connectivity index (χ2n) is 7.30. The number of carbonyl (C=O) groups excluding carboxylic acids is 1. The number of ether oxygens (including phenoxy) is 2. The summed E-state index contributed by atoms with van der Waals surface area (Å²) in [5, 5.41) is 0. The quantitative estimate of drug-likeness (QED) is 0.639. The molecule has 2 aromatic rings. The number of nitrogens with two attached hydrogens (primary N) is 1. The molecule has 2 aromatic heterocycles. The maximum absolute atomic E-state index is 13.5. The van der Waals surface area contributed by atoms with E-state index in [2.05, 4.69) is 9.97 Å². The number of pyridine rings is 2. The molecule has 0 saturated heterocycles. The molecule has 2 rings (SSSR count). The van der Waals surface area contributed by atoms with Gasteiger partial charge in [0.1, 0.15) is 36.0 Å². The number of alkyl halides is 3. The van der Waals surface area contributed by atoms with E-state index in [1.54, 1.807) is 6.92 Å². The number of nitrogens with zero attached hydrogens (tertiary/aromatic N) is 2. The fraction of sp³-hybridized carbons (Fsp3) is 0.450. The van der Waals surface area contributed by atoms with Crippen LogP contribution in [0.5, 0.6) is 5.75 Å². The Morgan fingerprint density at radius 1 is 1.28 bits per heavy atom. The number of hydrogen-bond acceptors (Lipinski definition) is 5. The van der Waals surface area contributed by atoms with Crippen LogP contribution < -0.4 is 10.5 Å². The van der Waals surface area contributed by atoms with Gasteiger partial charge in [0.15, 0.2) is 0 Å². The number of rotatable bonds is 9. The van der Waals surface area contributed by atoms with Gasteiger partial charge < -0.3 is 15.2 Å². The van der Waals surface area contributed by atoms with Crippen LogP contribution in [0.2, 0.25) is 0 Å². The summed E-state index contributed by atoms with van der Waals surface area (Å²) in [5.41, 5.74) is 4.47. The van der Waals surface area contributed by atoms with Crippen molar-refractivity contribution >= 4 is 6.09 Å². The van der Waals surface area contributed by atoms with Gasteiger partial charge in [-0.25, -0.2) is 22.9 Å². The topological polar surface area (TPSA) is 87.3 Å². The van der Waals surface area contributed by atoms with E-state index in [0.717, 1.165) is 0 Å². The van der Waals surface area contributed by atoms with Crippen LogP contribution in [-0.2, 0) is 11.4 Å². The van der Waals surface area contributed by atoms with Gasteiger partial charge in [-0.2, -0.15) is 0 Å². The number of carbonyl (C=O) groups is 1. The van der Waals surface area contributed by atoms with E-state index >= 15 is 0 Å². The zero-order chi connectivity index (χ0) is 21.6. The van der Waals surface area contributed by atoms with Gasteiger partial charge in [-0.05, 0) is 43.5 Å². The highest BCUT2D eigenvalue weighted by atomic mass is 19.3. The minimum absolute atomic E-state index is 0.00359. The number of primary amides is 1. The molecule has 0 aromatic carbocycles. The highest BCUT2D eigenvalue weighted by Gasteiger charge is 2.31. The molecule has 29 heavy (non-hydrogen) atoms. The molecular formula is C20H24F3N3O3. The molecule has 1 amide bonds. The molecule has 0 saturated carbocycles. The van der Waals surface area contributed by atoms with Gasteiger partial charge in [-0.3, -0.25) is 4.98 Å². The first-order valence-corrected chi connectivity index (χ1v) is 9.05. The van der Waals surface area contributed by atoms with Gasteiger partial charge >= 0.3 is 6.09 Å². The first-order chi connectivity index (χ1) is 13.6. The number of amides is 1. The Kier molecular flexibility index (Phi) is 7.41. The van der Waals surface area contributed by atoms with E-state index < -0.39 is 24.8 Å². The molecule has 1 atom stereocenters. The minimum atomic E-state index is -2.72. The second-order valence-corrected chi connectivity index (χ2v) is 7.30. The smallest absolute Gasteiger partial charge is 0.405 e. The van der Waals surface area contributed by atoms with Crippen LogP contribution in [0.4, 0.5) is 18.0 Å². The van der Waals surface area contributed by atoms with Crippen LogP contribution in [0, 0.1) is 5.92 Å². The van der Waals surface area contributed by atoms with Gasteiger partial charge in [0.25, 0.3) is 6.43 Å². The third-order valence-electron chi connectivity index (χ3n) is 4.08. The average molecular weight is 411 g/mol. The standard InChI is InChI=1S/C20H24F3N3O3/c1-12(2)9-20(3,29-19(24)27)11-28-17-5-4-14(26-16(17)10-21)13-6-7-25-15(8-13)18(22)23/h4-8,12,18H,9-11H2,1-3H3,(H2,24,27). The van der Waals surface area contributed by atoms with Gasteiger partial charge in [-0.1, -0.05) is 13.8 Å². The highest BCUT2D eigenvalue weighted by molar-refractivity contribution is 5.65. The van der Waals surface area contributed by atoms with E-state index in [4.69, 9.17) is 15.2 Å². The number of hydrogen-bond donors (Lipinski definition) is 1. The fourth-order valence-electron chi connectivity index (χ4n) is 3.07. The molecule has 0 radical (unpaired) electrons. The van der Waals surface area contributed by atoms with Gasteiger partial charge in [0.05, 0.1) is 5.69 Å². The normalized spacial score (nSPS) is 13.4. The van der Waals surface area contributed by atoms with Crippen LogP contribution in [-0.4, -0.2) is 28.3 Å². The van der Waals surface area contributed by atoms with E-state index in [9.17, 15) is 18.0 Å². The first kappa shape index (κ1) is 22.4. The lowest BCUT2D eigenvalue weighted by Gasteiger charge is -2.30. The largest absolute Gasteiger partial charge is 0.487 e. The minimum Gasteiger partial charge on any atom is -0.487 e. The molecule has 0 spiro atoms. The summed E-state index contributed by atoms with van der Waals surface area (Å²) >= 11 is 0. The lowest BCUT2D eigenvalue weighted by Crippen LogP contribution is -2.41. The van der Waals surface area contributed by atoms with E-state index in [1.807, 2.05) is 13.8 Å². The van der Waals surface area contributed by atoms with Crippen molar-refractivity contribution in [3.05, 3.63) is 41.9 Å². The van der Waals surface area contributed by atoms with Crippen molar-refractivity contribution in [2.45, 2.75) is 45.9 Å². The Balaban J connectivity index is 2.24. The third-order valence-corrected chi connectivity index (χ3v) is 4.08.